The van der Waals surface area contributed by atoms with Crippen LogP contribution >= 0.6 is 0 Å². The second kappa shape index (κ2) is 29.9. The summed E-state index contributed by atoms with van der Waals surface area (Å²) in [6.07, 6.45) is 24.0. The zero-order valence-corrected chi connectivity index (χ0v) is 42.1. The van der Waals surface area contributed by atoms with E-state index in [0.29, 0.717) is 52.9 Å². The molecule has 0 aliphatic heterocycles. The molecule has 0 saturated carbocycles. The summed E-state index contributed by atoms with van der Waals surface area (Å²) in [7, 11) is 0. The third kappa shape index (κ3) is 17.9. The molecular formula is C62H70O10. The van der Waals surface area contributed by atoms with Gasteiger partial charge in [-0.1, -0.05) is 115 Å². The maximum atomic E-state index is 13.3. The van der Waals surface area contributed by atoms with Crippen LogP contribution in [0.4, 0.5) is 0 Å². The molecule has 6 aromatic carbocycles. The van der Waals surface area contributed by atoms with E-state index in [9.17, 15) is 19.2 Å². The summed E-state index contributed by atoms with van der Waals surface area (Å²) in [5, 5.41) is 1.57. The van der Waals surface area contributed by atoms with Crippen LogP contribution < -0.4 is 28.4 Å². The highest BCUT2D eigenvalue weighted by Crippen LogP contribution is 2.32. The Bertz CT molecular complexity index is 2630. The van der Waals surface area contributed by atoms with Crippen LogP contribution in [0.1, 0.15) is 169 Å². The zero-order chi connectivity index (χ0) is 50.8. The molecule has 10 heteroatoms. The normalized spacial score (nSPS) is 10.9. The summed E-state index contributed by atoms with van der Waals surface area (Å²) >= 11 is 0. The van der Waals surface area contributed by atoms with Crippen molar-refractivity contribution in [3.8, 4) is 34.5 Å². The second-order valence-electron chi connectivity index (χ2n) is 18.2. The lowest BCUT2D eigenvalue weighted by atomic mass is 10.0. The molecule has 10 nitrogen and oxygen atoms in total. The first kappa shape index (κ1) is 54.1. The van der Waals surface area contributed by atoms with Gasteiger partial charge in [-0.05, 0) is 164 Å². The van der Waals surface area contributed by atoms with Crippen molar-refractivity contribution in [2.24, 2.45) is 0 Å². The Morgan fingerprint density at radius 1 is 0.403 bits per heavy atom. The average Bonchev–Trinajstić information content (AvgIpc) is 3.40. The predicted molar refractivity (Wildman–Crippen MR) is 284 cm³/mol. The van der Waals surface area contributed by atoms with E-state index in [0.717, 1.165) is 42.9 Å². The maximum absolute atomic E-state index is 13.3. The topological polar surface area (TPSA) is 124 Å². The number of esters is 4. The quantitative estimate of drug-likeness (QED) is 0.0180. The highest BCUT2D eigenvalue weighted by atomic mass is 16.5. The van der Waals surface area contributed by atoms with Gasteiger partial charge < -0.3 is 28.4 Å². The molecule has 0 aliphatic rings. The second-order valence-corrected chi connectivity index (χ2v) is 18.2. The summed E-state index contributed by atoms with van der Waals surface area (Å²) in [6.45, 7) is 9.10. The van der Waals surface area contributed by atoms with Crippen molar-refractivity contribution in [1.29, 1.82) is 0 Å². The molecule has 72 heavy (non-hydrogen) atoms. The van der Waals surface area contributed by atoms with Crippen LogP contribution in [0.15, 0.2) is 140 Å². The first-order valence-corrected chi connectivity index (χ1v) is 25.9. The van der Waals surface area contributed by atoms with Gasteiger partial charge in [-0.2, -0.15) is 0 Å². The van der Waals surface area contributed by atoms with Crippen molar-refractivity contribution in [1.82, 2.24) is 0 Å². The number of fused-ring (bicyclic) bond motifs is 1. The Kier molecular flexibility index (Phi) is 22.5. The van der Waals surface area contributed by atoms with Crippen LogP contribution in [0.2, 0.25) is 0 Å². The largest absolute Gasteiger partial charge is 0.494 e. The molecular weight excluding hydrogens is 905 g/mol. The smallest absolute Gasteiger partial charge is 0.343 e. The fraction of sp³-hybridized carbons (Fsp3) is 0.355. The van der Waals surface area contributed by atoms with E-state index in [1.807, 2.05) is 25.1 Å². The molecule has 0 heterocycles. The van der Waals surface area contributed by atoms with E-state index < -0.39 is 23.9 Å². The van der Waals surface area contributed by atoms with Crippen molar-refractivity contribution in [3.63, 3.8) is 0 Å². The molecule has 0 bridgehead atoms. The van der Waals surface area contributed by atoms with Crippen molar-refractivity contribution in [3.05, 3.63) is 168 Å². The summed E-state index contributed by atoms with van der Waals surface area (Å²) in [4.78, 5) is 52.2. The molecule has 0 aliphatic carbocycles. The highest BCUT2D eigenvalue weighted by Gasteiger charge is 2.17. The highest BCUT2D eigenvalue weighted by molar-refractivity contribution is 5.96. The van der Waals surface area contributed by atoms with Crippen LogP contribution in [-0.2, 0) is 0 Å². The molecule has 6 aromatic rings. The van der Waals surface area contributed by atoms with E-state index >= 15 is 0 Å². The van der Waals surface area contributed by atoms with Gasteiger partial charge in [0.25, 0.3) is 0 Å². The lowest BCUT2D eigenvalue weighted by molar-refractivity contribution is 0.0720. The van der Waals surface area contributed by atoms with Gasteiger partial charge >= 0.3 is 23.9 Å². The number of aryl methyl sites for hydroxylation is 1. The van der Waals surface area contributed by atoms with Gasteiger partial charge in [0.1, 0.15) is 34.5 Å². The Morgan fingerprint density at radius 2 is 0.750 bits per heavy atom. The van der Waals surface area contributed by atoms with Gasteiger partial charge in [0.15, 0.2) is 0 Å². The third-order valence-corrected chi connectivity index (χ3v) is 12.5. The van der Waals surface area contributed by atoms with E-state index in [4.69, 9.17) is 28.4 Å². The number of carbonyl (C=O) groups is 4. The van der Waals surface area contributed by atoms with E-state index in [1.54, 1.807) is 78.9 Å². The van der Waals surface area contributed by atoms with Crippen molar-refractivity contribution < 1.29 is 47.6 Å². The van der Waals surface area contributed by atoms with Crippen molar-refractivity contribution in [2.75, 3.05) is 13.2 Å². The molecule has 0 spiro atoms. The number of benzene rings is 6. The summed E-state index contributed by atoms with van der Waals surface area (Å²) in [5.74, 6) is 0.328. The summed E-state index contributed by atoms with van der Waals surface area (Å²) < 4.78 is 34.4. The minimum atomic E-state index is -0.603. The lowest BCUT2D eigenvalue weighted by Gasteiger charge is -2.12. The summed E-state index contributed by atoms with van der Waals surface area (Å²) in [6, 6.07) is 34.8. The number of ether oxygens (including phenoxy) is 6. The van der Waals surface area contributed by atoms with Gasteiger partial charge in [0.05, 0.1) is 35.5 Å². The van der Waals surface area contributed by atoms with Gasteiger partial charge in [-0.15, -0.1) is 6.58 Å². The number of hydrogen-bond acceptors (Lipinski definition) is 10. The molecule has 378 valence electrons. The first-order chi connectivity index (χ1) is 35.2. The first-order valence-electron chi connectivity index (χ1n) is 25.9. The minimum absolute atomic E-state index is 0.258. The summed E-state index contributed by atoms with van der Waals surface area (Å²) in [5.41, 5.74) is 1.94. The van der Waals surface area contributed by atoms with Crippen LogP contribution in [0.25, 0.3) is 10.8 Å². The number of unbranched alkanes of at least 4 members (excludes halogenated alkanes) is 16. The lowest BCUT2D eigenvalue weighted by Crippen LogP contribution is -2.11. The fourth-order valence-electron chi connectivity index (χ4n) is 8.20. The molecule has 0 aromatic heterocycles. The predicted octanol–water partition coefficient (Wildman–Crippen LogP) is 16.0. The van der Waals surface area contributed by atoms with E-state index in [1.165, 1.54) is 120 Å². The Balaban J connectivity index is 0.914. The zero-order valence-electron chi connectivity index (χ0n) is 42.1. The molecule has 0 amide bonds. The molecule has 0 saturated heterocycles. The minimum Gasteiger partial charge on any atom is -0.494 e. The standard InChI is InChI=1S/C62H70O10/c1-4-6-8-10-12-14-16-18-20-22-44-68-53-35-26-49(27-36-53)60(64)70-55-39-30-51(31-40-55)62(66)72-58-42-32-47-23-41-56(45-57(47)46(58)3)71-61(65)50-28-37-54(38-29-50)69-59(63)48-24-33-52(34-25-48)67-43-21-19-17-15-13-11-9-7-5-2/h5,23-42,45H,2,4,6-22,43-44H2,1,3H3. The van der Waals surface area contributed by atoms with Crippen molar-refractivity contribution in [2.45, 2.75) is 129 Å². The SMILES string of the molecule is C=CCCCCCCCCCOc1ccc(C(=O)Oc2ccc(C(=O)Oc3ccc4ccc(OC(=O)c5ccc(OC(=O)c6ccc(OCCCCCCCCCCCC)cc6)cc5)c(C)c4c3)cc2)cc1. The van der Waals surface area contributed by atoms with Crippen LogP contribution in [-0.4, -0.2) is 37.1 Å². The fourth-order valence-corrected chi connectivity index (χ4v) is 8.20. The molecule has 0 N–H and O–H groups in total. The Labute approximate surface area is 425 Å². The van der Waals surface area contributed by atoms with Gasteiger partial charge in [0, 0.05) is 0 Å². The number of allylic oxidation sites excluding steroid dienone is 1. The number of hydrogen-bond donors (Lipinski definition) is 0. The Morgan fingerprint density at radius 3 is 1.18 bits per heavy atom. The average molecular weight is 975 g/mol. The van der Waals surface area contributed by atoms with Crippen LogP contribution in [0, 0.1) is 6.92 Å². The van der Waals surface area contributed by atoms with Gasteiger partial charge in [-0.25, -0.2) is 19.2 Å². The molecule has 0 radical (unpaired) electrons. The molecule has 0 unspecified atom stereocenters. The van der Waals surface area contributed by atoms with Gasteiger partial charge in [0.2, 0.25) is 0 Å². The number of rotatable bonds is 31. The van der Waals surface area contributed by atoms with Crippen LogP contribution in [0.5, 0.6) is 34.5 Å². The van der Waals surface area contributed by atoms with E-state index in [-0.39, 0.29) is 22.6 Å². The molecule has 0 atom stereocenters. The molecule has 0 fully saturated rings. The van der Waals surface area contributed by atoms with Gasteiger partial charge in [-0.3, -0.25) is 0 Å². The molecule has 6 rings (SSSR count). The van der Waals surface area contributed by atoms with E-state index in [2.05, 4.69) is 13.5 Å². The maximum Gasteiger partial charge on any atom is 0.343 e. The third-order valence-electron chi connectivity index (χ3n) is 12.5. The Hall–Kier alpha value is -7.20. The van der Waals surface area contributed by atoms with Crippen LogP contribution in [0.3, 0.4) is 0 Å². The van der Waals surface area contributed by atoms with Crippen molar-refractivity contribution >= 4 is 34.6 Å². The number of carbonyl (C=O) groups excluding carboxylic acids is 4. The monoisotopic (exact) mass is 974 g/mol.